The molecular weight excluding hydrogens is 272 g/mol. The van der Waals surface area contributed by atoms with Gasteiger partial charge in [0.25, 0.3) is 5.91 Å². The van der Waals surface area contributed by atoms with Crippen LogP contribution in [0.2, 0.25) is 0 Å². The molecule has 3 aliphatic heterocycles. The molecule has 3 fully saturated rings. The van der Waals surface area contributed by atoms with Gasteiger partial charge in [0.05, 0.1) is 6.10 Å². The lowest BCUT2D eigenvalue weighted by Crippen LogP contribution is -2.50. The number of nitrogens with zero attached hydrogens (tertiary/aromatic N) is 2. The van der Waals surface area contributed by atoms with Crippen LogP contribution in [0.25, 0.3) is 0 Å². The number of ether oxygens (including phenoxy) is 1. The van der Waals surface area contributed by atoms with Gasteiger partial charge in [0.1, 0.15) is 6.10 Å². The van der Waals surface area contributed by atoms with Gasteiger partial charge >= 0.3 is 6.03 Å². The lowest BCUT2D eigenvalue weighted by atomic mass is 10.0. The fourth-order valence-electron chi connectivity index (χ4n) is 3.50. The minimum absolute atomic E-state index is 0.0321. The van der Waals surface area contributed by atoms with Gasteiger partial charge in [-0.15, -0.1) is 0 Å². The van der Waals surface area contributed by atoms with Crippen molar-refractivity contribution in [1.82, 2.24) is 15.1 Å². The predicted octanol–water partition coefficient (Wildman–Crippen LogP) is -0.491. The van der Waals surface area contributed by atoms with Crippen molar-refractivity contribution in [2.75, 3.05) is 32.7 Å². The van der Waals surface area contributed by atoms with Crippen LogP contribution in [-0.4, -0.2) is 72.7 Å². The Kier molecular flexibility index (Phi) is 4.30. The highest BCUT2D eigenvalue weighted by atomic mass is 16.5. The second kappa shape index (κ2) is 6.19. The van der Waals surface area contributed by atoms with E-state index in [1.54, 1.807) is 0 Å². The molecule has 2 atom stereocenters. The van der Waals surface area contributed by atoms with Gasteiger partial charge in [-0.25, -0.2) is 4.79 Å². The normalized spacial score (nSPS) is 30.8. The van der Waals surface area contributed by atoms with Crippen molar-refractivity contribution in [2.24, 2.45) is 5.73 Å². The van der Waals surface area contributed by atoms with E-state index in [-0.39, 0.29) is 30.2 Å². The molecule has 0 radical (unpaired) electrons. The summed E-state index contributed by atoms with van der Waals surface area (Å²) in [5, 5.41) is 2.83. The lowest BCUT2D eigenvalue weighted by molar-refractivity contribution is -0.144. The monoisotopic (exact) mass is 296 g/mol. The Labute approximate surface area is 124 Å². The number of amides is 3. The number of hydrogen-bond donors (Lipinski definition) is 2. The zero-order valence-corrected chi connectivity index (χ0v) is 12.3. The maximum Gasteiger partial charge on any atom is 0.317 e. The Balaban J connectivity index is 1.49. The molecule has 0 aromatic heterocycles. The number of hydrogen-bond acceptors (Lipinski definition) is 4. The fourth-order valence-corrected chi connectivity index (χ4v) is 3.50. The molecule has 3 N–H and O–H groups in total. The fraction of sp³-hybridized carbons (Fsp3) is 0.857. The second-order valence-electron chi connectivity index (χ2n) is 6.04. The smallest absolute Gasteiger partial charge is 0.317 e. The third-order valence-electron chi connectivity index (χ3n) is 4.75. The number of nitrogens with two attached hydrogens (primary N) is 1. The Morgan fingerprint density at radius 3 is 2.57 bits per heavy atom. The van der Waals surface area contributed by atoms with Gasteiger partial charge in [-0.3, -0.25) is 4.79 Å². The van der Waals surface area contributed by atoms with E-state index in [4.69, 9.17) is 10.5 Å². The van der Waals surface area contributed by atoms with E-state index in [1.807, 2.05) is 9.80 Å². The molecule has 0 saturated carbocycles. The summed E-state index contributed by atoms with van der Waals surface area (Å²) >= 11 is 0. The highest BCUT2D eigenvalue weighted by molar-refractivity contribution is 5.81. The van der Waals surface area contributed by atoms with Crippen molar-refractivity contribution in [2.45, 2.75) is 43.9 Å². The molecule has 0 aromatic rings. The van der Waals surface area contributed by atoms with Crippen molar-refractivity contribution in [1.29, 1.82) is 0 Å². The molecular formula is C14H24N4O3. The van der Waals surface area contributed by atoms with Gasteiger partial charge < -0.3 is 25.6 Å². The van der Waals surface area contributed by atoms with Crippen LogP contribution < -0.4 is 11.1 Å². The molecule has 3 saturated heterocycles. The first kappa shape index (κ1) is 14.6. The first-order valence-electron chi connectivity index (χ1n) is 7.88. The zero-order chi connectivity index (χ0) is 14.8. The quantitative estimate of drug-likeness (QED) is 0.735. The number of piperidine rings is 1. The maximum atomic E-state index is 12.4. The predicted molar refractivity (Wildman–Crippen MR) is 76.7 cm³/mol. The summed E-state index contributed by atoms with van der Waals surface area (Å²) in [5.41, 5.74) is 5.58. The van der Waals surface area contributed by atoms with Crippen molar-refractivity contribution < 1.29 is 14.3 Å². The summed E-state index contributed by atoms with van der Waals surface area (Å²) in [5.74, 6) is 0.0928. The summed E-state index contributed by atoms with van der Waals surface area (Å²) in [4.78, 5) is 27.9. The van der Waals surface area contributed by atoms with Gasteiger partial charge in [0, 0.05) is 38.8 Å². The highest BCUT2D eigenvalue weighted by Gasteiger charge is 2.36. The van der Waals surface area contributed by atoms with E-state index in [0.29, 0.717) is 19.6 Å². The van der Waals surface area contributed by atoms with E-state index in [1.165, 1.54) is 0 Å². The van der Waals surface area contributed by atoms with Crippen molar-refractivity contribution in [3.63, 3.8) is 0 Å². The van der Waals surface area contributed by atoms with Crippen LogP contribution in [-0.2, 0) is 9.53 Å². The Bertz CT molecular complexity index is 409. The number of nitrogens with one attached hydrogen (secondary N) is 1. The Morgan fingerprint density at radius 1 is 1.24 bits per heavy atom. The zero-order valence-electron chi connectivity index (χ0n) is 12.3. The Hall–Kier alpha value is -1.34. The molecule has 3 amide bonds. The summed E-state index contributed by atoms with van der Waals surface area (Å²) in [6.07, 6.45) is 3.07. The van der Waals surface area contributed by atoms with Crippen LogP contribution in [0.3, 0.4) is 0 Å². The average Bonchev–Trinajstić information content (AvgIpc) is 3.15. The van der Waals surface area contributed by atoms with E-state index in [0.717, 1.165) is 38.8 Å². The molecule has 0 spiro atoms. The van der Waals surface area contributed by atoms with Crippen molar-refractivity contribution in [3.8, 4) is 0 Å². The molecule has 118 valence electrons. The molecule has 2 unspecified atom stereocenters. The molecule has 0 bridgehead atoms. The van der Waals surface area contributed by atoms with Gasteiger partial charge in [0.15, 0.2) is 0 Å². The molecule has 0 aliphatic carbocycles. The van der Waals surface area contributed by atoms with Gasteiger partial charge in [-0.05, 0) is 25.7 Å². The van der Waals surface area contributed by atoms with Crippen molar-refractivity contribution in [3.05, 3.63) is 0 Å². The minimum atomic E-state index is -0.315. The van der Waals surface area contributed by atoms with Gasteiger partial charge in [-0.2, -0.15) is 0 Å². The minimum Gasteiger partial charge on any atom is -0.364 e. The molecule has 3 rings (SSSR count). The van der Waals surface area contributed by atoms with E-state index < -0.39 is 0 Å². The van der Waals surface area contributed by atoms with Crippen LogP contribution in [0.4, 0.5) is 4.79 Å². The summed E-state index contributed by atoms with van der Waals surface area (Å²) in [7, 11) is 0. The molecule has 0 aromatic carbocycles. The largest absolute Gasteiger partial charge is 0.364 e. The number of carbonyl (C=O) groups is 2. The number of likely N-dealkylation sites (tertiary alicyclic amines) is 1. The third-order valence-corrected chi connectivity index (χ3v) is 4.75. The van der Waals surface area contributed by atoms with E-state index in [2.05, 4.69) is 5.32 Å². The first-order chi connectivity index (χ1) is 10.2. The maximum absolute atomic E-state index is 12.4. The van der Waals surface area contributed by atoms with Crippen molar-refractivity contribution >= 4 is 11.9 Å². The third kappa shape index (κ3) is 2.98. The number of carbonyl (C=O) groups excluding carboxylic acids is 2. The highest BCUT2D eigenvalue weighted by Crippen LogP contribution is 2.24. The molecule has 7 heteroatoms. The standard InChI is InChI=1S/C14H24N4O3/c15-9-11-1-2-12(21-11)13(19)17-6-3-10(4-7-17)18-8-5-16-14(18)20/h10-12H,1-9,15H2,(H,16,20). The van der Waals surface area contributed by atoms with E-state index in [9.17, 15) is 9.59 Å². The van der Waals surface area contributed by atoms with Crippen LogP contribution in [0.5, 0.6) is 0 Å². The van der Waals surface area contributed by atoms with Crippen LogP contribution in [0.15, 0.2) is 0 Å². The second-order valence-corrected chi connectivity index (χ2v) is 6.04. The number of rotatable bonds is 3. The van der Waals surface area contributed by atoms with Crippen LogP contribution in [0.1, 0.15) is 25.7 Å². The SMILES string of the molecule is NCC1CCC(C(=O)N2CCC(N3CCNC3=O)CC2)O1. The summed E-state index contributed by atoms with van der Waals surface area (Å²) in [6.45, 7) is 3.41. The molecule has 21 heavy (non-hydrogen) atoms. The van der Waals surface area contributed by atoms with Crippen LogP contribution in [0, 0.1) is 0 Å². The van der Waals surface area contributed by atoms with Crippen LogP contribution >= 0.6 is 0 Å². The topological polar surface area (TPSA) is 87.9 Å². The number of urea groups is 1. The summed E-state index contributed by atoms with van der Waals surface area (Å²) < 4.78 is 5.68. The molecule has 7 nitrogen and oxygen atoms in total. The van der Waals surface area contributed by atoms with Gasteiger partial charge in [0.2, 0.25) is 0 Å². The molecule has 3 aliphatic rings. The average molecular weight is 296 g/mol. The van der Waals surface area contributed by atoms with E-state index >= 15 is 0 Å². The lowest BCUT2D eigenvalue weighted by Gasteiger charge is -2.37. The first-order valence-corrected chi connectivity index (χ1v) is 7.88. The molecule has 3 heterocycles. The van der Waals surface area contributed by atoms with Gasteiger partial charge in [-0.1, -0.05) is 0 Å². The summed E-state index contributed by atoms with van der Waals surface area (Å²) in [6, 6.07) is 0.294. The Morgan fingerprint density at radius 2 is 2.00 bits per heavy atom.